The van der Waals surface area contributed by atoms with Gasteiger partial charge >= 0.3 is 0 Å². The van der Waals surface area contributed by atoms with Crippen LogP contribution in [0.2, 0.25) is 0 Å². The molecule has 0 aliphatic carbocycles. The summed E-state index contributed by atoms with van der Waals surface area (Å²) in [7, 11) is 1.70. The first-order chi connectivity index (χ1) is 14.0. The van der Waals surface area contributed by atoms with Gasteiger partial charge in [-0.05, 0) is 49.2 Å². The molecule has 150 valence electrons. The third-order valence-corrected chi connectivity index (χ3v) is 7.80. The van der Waals surface area contributed by atoms with E-state index < -0.39 is 0 Å². The maximum Gasteiger partial charge on any atom is 0.262 e. The summed E-state index contributed by atoms with van der Waals surface area (Å²) in [5, 5.41) is 5.16. The third-order valence-electron chi connectivity index (χ3n) is 5.03. The van der Waals surface area contributed by atoms with Gasteiger partial charge in [-0.2, -0.15) is 0 Å². The predicted octanol–water partition coefficient (Wildman–Crippen LogP) is 4.69. The van der Waals surface area contributed by atoms with Gasteiger partial charge in [-0.3, -0.25) is 14.2 Å². The van der Waals surface area contributed by atoms with Crippen molar-refractivity contribution in [2.24, 2.45) is 7.05 Å². The number of aromatic nitrogens is 3. The molecule has 0 atom stereocenters. The van der Waals surface area contributed by atoms with Crippen LogP contribution in [0.1, 0.15) is 26.6 Å². The fraction of sp³-hybridized carbons (Fsp3) is 0.286. The van der Waals surface area contributed by atoms with Crippen LogP contribution >= 0.6 is 34.4 Å². The standard InChI is InChI=1S/C21H21N3O2S3/c1-13-11-17(14(2)24(13)8-6-15-5-4-9-27-15)18(25)12-29-21-22-19-16(7-10-28-19)20(26)23(21)3/h4-5,7,9-11H,6,8,12H2,1-3H3. The van der Waals surface area contributed by atoms with E-state index in [1.54, 1.807) is 24.5 Å². The number of fused-ring (bicyclic) bond motifs is 1. The Kier molecular flexibility index (Phi) is 5.76. The highest BCUT2D eigenvalue weighted by Crippen LogP contribution is 2.23. The van der Waals surface area contributed by atoms with Gasteiger partial charge < -0.3 is 4.57 Å². The van der Waals surface area contributed by atoms with Gasteiger partial charge in [0.25, 0.3) is 5.56 Å². The van der Waals surface area contributed by atoms with Crippen molar-refractivity contribution in [2.45, 2.75) is 32.0 Å². The minimum atomic E-state index is -0.0713. The summed E-state index contributed by atoms with van der Waals surface area (Å²) < 4.78 is 3.74. The Morgan fingerprint density at radius 1 is 1.21 bits per heavy atom. The molecule has 0 saturated heterocycles. The average molecular weight is 444 g/mol. The molecule has 0 saturated carbocycles. The highest BCUT2D eigenvalue weighted by Gasteiger charge is 2.18. The second kappa shape index (κ2) is 8.30. The molecule has 4 aromatic rings. The van der Waals surface area contributed by atoms with E-state index in [0.29, 0.717) is 10.5 Å². The minimum Gasteiger partial charge on any atom is -0.348 e. The molecular formula is C21H21N3O2S3. The number of thioether (sulfide) groups is 1. The molecule has 0 radical (unpaired) electrons. The lowest BCUT2D eigenvalue weighted by Gasteiger charge is -2.09. The number of carbonyl (C=O) groups is 1. The van der Waals surface area contributed by atoms with E-state index in [1.807, 2.05) is 25.3 Å². The zero-order valence-electron chi connectivity index (χ0n) is 16.5. The van der Waals surface area contributed by atoms with Gasteiger partial charge in [-0.15, -0.1) is 22.7 Å². The van der Waals surface area contributed by atoms with Gasteiger partial charge in [0.15, 0.2) is 10.9 Å². The number of ketones is 1. The number of aryl methyl sites for hydroxylation is 2. The second-order valence-corrected chi connectivity index (χ2v) is 9.74. The molecule has 0 fully saturated rings. The number of rotatable bonds is 7. The van der Waals surface area contributed by atoms with Crippen LogP contribution in [0, 0.1) is 13.8 Å². The maximum atomic E-state index is 12.9. The van der Waals surface area contributed by atoms with Gasteiger partial charge in [0.2, 0.25) is 0 Å². The first-order valence-corrected chi connectivity index (χ1v) is 12.0. The summed E-state index contributed by atoms with van der Waals surface area (Å²) in [5.74, 6) is 0.317. The Balaban J connectivity index is 1.50. The number of hydrogen-bond acceptors (Lipinski definition) is 6. The van der Waals surface area contributed by atoms with Crippen LogP contribution in [-0.2, 0) is 20.0 Å². The molecular weight excluding hydrogens is 422 g/mol. The van der Waals surface area contributed by atoms with E-state index in [4.69, 9.17) is 0 Å². The van der Waals surface area contributed by atoms with E-state index in [9.17, 15) is 9.59 Å². The van der Waals surface area contributed by atoms with Crippen molar-refractivity contribution in [2.75, 3.05) is 5.75 Å². The Hall–Kier alpha value is -2.16. The fourth-order valence-electron chi connectivity index (χ4n) is 3.42. The van der Waals surface area contributed by atoms with E-state index >= 15 is 0 Å². The van der Waals surface area contributed by atoms with Crippen molar-refractivity contribution in [3.63, 3.8) is 0 Å². The van der Waals surface area contributed by atoms with Crippen LogP contribution in [0.5, 0.6) is 0 Å². The van der Waals surface area contributed by atoms with Crippen LogP contribution in [0.3, 0.4) is 0 Å². The van der Waals surface area contributed by atoms with E-state index in [1.165, 1.54) is 32.5 Å². The van der Waals surface area contributed by atoms with Crippen LogP contribution in [0.25, 0.3) is 10.2 Å². The van der Waals surface area contributed by atoms with Crippen molar-refractivity contribution in [1.29, 1.82) is 0 Å². The van der Waals surface area contributed by atoms with Crippen molar-refractivity contribution >= 4 is 50.4 Å². The SMILES string of the molecule is Cc1cc(C(=O)CSc2nc3sccc3c(=O)n2C)c(C)n1CCc1cccs1. The number of hydrogen-bond donors (Lipinski definition) is 0. The Morgan fingerprint density at radius 2 is 2.03 bits per heavy atom. The van der Waals surface area contributed by atoms with Crippen molar-refractivity contribution in [3.8, 4) is 0 Å². The molecule has 0 aliphatic rings. The summed E-state index contributed by atoms with van der Waals surface area (Å²) in [6.45, 7) is 4.91. The van der Waals surface area contributed by atoms with Crippen molar-refractivity contribution in [3.05, 3.63) is 67.2 Å². The molecule has 0 amide bonds. The van der Waals surface area contributed by atoms with Gasteiger partial charge in [0.1, 0.15) is 4.83 Å². The lowest BCUT2D eigenvalue weighted by Crippen LogP contribution is -2.19. The molecule has 0 aromatic carbocycles. The van der Waals surface area contributed by atoms with E-state index in [0.717, 1.165) is 34.7 Å². The van der Waals surface area contributed by atoms with Crippen molar-refractivity contribution < 1.29 is 4.79 Å². The smallest absolute Gasteiger partial charge is 0.262 e. The molecule has 5 nitrogen and oxygen atoms in total. The monoisotopic (exact) mass is 443 g/mol. The zero-order valence-corrected chi connectivity index (χ0v) is 18.9. The normalized spacial score (nSPS) is 11.4. The molecule has 0 aliphatic heterocycles. The predicted molar refractivity (Wildman–Crippen MR) is 122 cm³/mol. The summed E-state index contributed by atoms with van der Waals surface area (Å²) in [4.78, 5) is 31.9. The molecule has 0 bridgehead atoms. The van der Waals surface area contributed by atoms with E-state index in [2.05, 4.69) is 27.1 Å². The number of nitrogens with zero attached hydrogens (tertiary/aromatic N) is 3. The Morgan fingerprint density at radius 3 is 2.79 bits per heavy atom. The van der Waals surface area contributed by atoms with Crippen molar-refractivity contribution in [1.82, 2.24) is 14.1 Å². The topological polar surface area (TPSA) is 56.9 Å². The van der Waals surface area contributed by atoms with Gasteiger partial charge in [-0.25, -0.2) is 4.98 Å². The molecule has 4 rings (SSSR count). The van der Waals surface area contributed by atoms with Crippen LogP contribution in [0.15, 0.2) is 45.0 Å². The highest BCUT2D eigenvalue weighted by atomic mass is 32.2. The molecule has 0 N–H and O–H groups in total. The van der Waals surface area contributed by atoms with Crippen LogP contribution < -0.4 is 5.56 Å². The highest BCUT2D eigenvalue weighted by molar-refractivity contribution is 7.99. The quantitative estimate of drug-likeness (QED) is 0.236. The summed E-state index contributed by atoms with van der Waals surface area (Å²) >= 11 is 4.52. The van der Waals surface area contributed by atoms with Gasteiger partial charge in [0, 0.05) is 35.4 Å². The first-order valence-electron chi connectivity index (χ1n) is 9.25. The third kappa shape index (κ3) is 3.97. The fourth-order valence-corrected chi connectivity index (χ4v) is 5.78. The van der Waals surface area contributed by atoms with Gasteiger partial charge in [0.05, 0.1) is 11.1 Å². The first kappa shape index (κ1) is 20.1. The average Bonchev–Trinajstić information content (AvgIpc) is 3.43. The van der Waals surface area contributed by atoms with E-state index in [-0.39, 0.29) is 17.1 Å². The summed E-state index contributed by atoms with van der Waals surface area (Å²) in [6, 6.07) is 7.97. The summed E-state index contributed by atoms with van der Waals surface area (Å²) in [5.41, 5.74) is 2.78. The van der Waals surface area contributed by atoms with Gasteiger partial charge in [-0.1, -0.05) is 17.8 Å². The molecule has 0 spiro atoms. The Bertz CT molecular complexity index is 1230. The molecule has 0 unspecified atom stereocenters. The van der Waals surface area contributed by atoms with Crippen LogP contribution in [0.4, 0.5) is 0 Å². The minimum absolute atomic E-state index is 0.0611. The second-order valence-electron chi connectivity index (χ2n) is 6.88. The molecule has 4 heterocycles. The molecule has 29 heavy (non-hydrogen) atoms. The lowest BCUT2D eigenvalue weighted by molar-refractivity contribution is 0.102. The Labute approximate surface area is 181 Å². The number of thiophene rings is 2. The molecule has 4 aromatic heterocycles. The largest absolute Gasteiger partial charge is 0.348 e. The van der Waals surface area contributed by atoms with Crippen LogP contribution in [-0.4, -0.2) is 25.7 Å². The maximum absolute atomic E-state index is 12.9. The number of carbonyl (C=O) groups excluding carboxylic acids is 1. The number of Topliss-reactive ketones (excluding diaryl/α,β-unsaturated/α-hetero) is 1. The zero-order chi connectivity index (χ0) is 20.5. The molecule has 8 heteroatoms. The summed E-state index contributed by atoms with van der Waals surface area (Å²) in [6.07, 6.45) is 0.962. The lowest BCUT2D eigenvalue weighted by atomic mass is 10.2.